The van der Waals surface area contributed by atoms with E-state index in [1.165, 1.54) is 0 Å². The molecule has 2 aliphatic rings. The molecule has 9 atom stereocenters. The van der Waals surface area contributed by atoms with Crippen LogP contribution in [0.15, 0.2) is 30.3 Å². The van der Waals surface area contributed by atoms with E-state index in [4.69, 9.17) is 15.2 Å². The normalized spacial score (nSPS) is 23.2. The lowest BCUT2D eigenvalue weighted by Crippen LogP contribution is -2.56. The SMILES string of the molecule is CCC(C)C(C(CC(=O)N1CCCC1C(OC)C(C)C(=O)NC(CN)Cc1ccccc1)OC)N(C)C(=O)C(CNC(=O)C1(C)CCCN1C)C(C)C. The molecule has 2 fully saturated rings. The second-order valence-electron chi connectivity index (χ2n) is 16.1. The minimum Gasteiger partial charge on any atom is -0.379 e. The summed E-state index contributed by atoms with van der Waals surface area (Å²) in [6.07, 6.45) is 3.67. The molecule has 0 spiro atoms. The summed E-state index contributed by atoms with van der Waals surface area (Å²) in [5, 5.41) is 6.22. The number of hydrogen-bond donors (Lipinski definition) is 3. The molecule has 0 aliphatic carbocycles. The number of likely N-dealkylation sites (N-methyl/N-ethyl adjacent to an activating group) is 2. The van der Waals surface area contributed by atoms with Crippen LogP contribution in [0.2, 0.25) is 0 Å². The van der Waals surface area contributed by atoms with Crippen LogP contribution in [0.5, 0.6) is 0 Å². The van der Waals surface area contributed by atoms with Crippen molar-refractivity contribution in [2.75, 3.05) is 54.5 Å². The first-order valence-electron chi connectivity index (χ1n) is 19.8. The molecule has 0 radical (unpaired) electrons. The maximum Gasteiger partial charge on any atom is 0.240 e. The van der Waals surface area contributed by atoms with E-state index in [1.807, 2.05) is 70.0 Å². The van der Waals surface area contributed by atoms with Crippen molar-refractivity contribution in [3.05, 3.63) is 35.9 Å². The predicted molar refractivity (Wildman–Crippen MR) is 209 cm³/mol. The van der Waals surface area contributed by atoms with E-state index in [1.54, 1.807) is 26.2 Å². The van der Waals surface area contributed by atoms with Gasteiger partial charge in [-0.1, -0.05) is 71.4 Å². The van der Waals surface area contributed by atoms with Crippen molar-refractivity contribution in [1.29, 1.82) is 0 Å². The van der Waals surface area contributed by atoms with Gasteiger partial charge in [-0.15, -0.1) is 0 Å². The van der Waals surface area contributed by atoms with Crippen LogP contribution < -0.4 is 16.4 Å². The standard InChI is InChI=1S/C41H70N6O6/c1-11-28(4)36(46(8)39(50)32(27(2)3)26-43-40(51)41(6)20-16-21-45(41)7)34(52-9)24-35(48)47-22-15-19-33(47)37(53-10)29(5)38(49)44-31(25-42)23-30-17-13-12-14-18-30/h12-14,17-18,27-29,31-34,36-37H,11,15-16,19-26,42H2,1-10H3,(H,43,51)(H,44,49). The summed E-state index contributed by atoms with van der Waals surface area (Å²) >= 11 is 0. The van der Waals surface area contributed by atoms with E-state index in [2.05, 4.69) is 29.4 Å². The van der Waals surface area contributed by atoms with Gasteiger partial charge in [0, 0.05) is 46.9 Å². The van der Waals surface area contributed by atoms with Crippen LogP contribution in [0.25, 0.3) is 0 Å². The quantitative estimate of drug-likeness (QED) is 0.184. The van der Waals surface area contributed by atoms with Crippen LogP contribution in [0, 0.1) is 23.7 Å². The molecule has 3 rings (SSSR count). The Kier molecular flexibility index (Phi) is 17.2. The van der Waals surface area contributed by atoms with Gasteiger partial charge in [0.05, 0.1) is 48.1 Å². The van der Waals surface area contributed by atoms with Crippen LogP contribution >= 0.6 is 0 Å². The Balaban J connectivity index is 1.72. The molecule has 12 nitrogen and oxygen atoms in total. The number of carbonyl (C=O) groups is 4. The summed E-state index contributed by atoms with van der Waals surface area (Å²) in [6.45, 7) is 13.9. The van der Waals surface area contributed by atoms with Gasteiger partial charge in [0.25, 0.3) is 0 Å². The number of ether oxygens (including phenoxy) is 2. The number of nitrogens with two attached hydrogens (primary N) is 1. The second-order valence-corrected chi connectivity index (χ2v) is 16.1. The fraction of sp³-hybridized carbons (Fsp3) is 0.756. The predicted octanol–water partition coefficient (Wildman–Crippen LogP) is 3.47. The van der Waals surface area contributed by atoms with Crippen LogP contribution in [-0.4, -0.2) is 129 Å². The minimum atomic E-state index is -0.580. The van der Waals surface area contributed by atoms with Crippen molar-refractivity contribution < 1.29 is 28.7 Å². The Morgan fingerprint density at radius 2 is 1.72 bits per heavy atom. The maximum atomic E-state index is 14.3. The van der Waals surface area contributed by atoms with Gasteiger partial charge in [-0.25, -0.2) is 0 Å². The molecule has 53 heavy (non-hydrogen) atoms. The summed E-state index contributed by atoms with van der Waals surface area (Å²) in [6, 6.07) is 9.04. The number of nitrogens with zero attached hydrogens (tertiary/aromatic N) is 3. The zero-order valence-corrected chi connectivity index (χ0v) is 34.2. The number of nitrogens with one attached hydrogen (secondary N) is 2. The monoisotopic (exact) mass is 743 g/mol. The van der Waals surface area contributed by atoms with Crippen molar-refractivity contribution in [3.8, 4) is 0 Å². The van der Waals surface area contributed by atoms with Gasteiger partial charge in [-0.2, -0.15) is 0 Å². The summed E-state index contributed by atoms with van der Waals surface area (Å²) in [5.74, 6) is -1.33. The maximum absolute atomic E-state index is 14.3. The minimum absolute atomic E-state index is 0.0198. The highest BCUT2D eigenvalue weighted by molar-refractivity contribution is 5.87. The van der Waals surface area contributed by atoms with Crippen LogP contribution in [0.1, 0.15) is 85.6 Å². The van der Waals surface area contributed by atoms with Crippen molar-refractivity contribution in [3.63, 3.8) is 0 Å². The Bertz CT molecular complexity index is 1330. The van der Waals surface area contributed by atoms with Crippen LogP contribution in [-0.2, 0) is 35.1 Å². The zero-order valence-electron chi connectivity index (χ0n) is 34.2. The molecule has 0 bridgehead atoms. The van der Waals surface area contributed by atoms with Gasteiger partial charge in [0.2, 0.25) is 23.6 Å². The molecule has 2 heterocycles. The zero-order chi connectivity index (χ0) is 39.5. The van der Waals surface area contributed by atoms with E-state index < -0.39 is 29.6 Å². The summed E-state index contributed by atoms with van der Waals surface area (Å²) < 4.78 is 12.0. The van der Waals surface area contributed by atoms with Crippen molar-refractivity contribution >= 4 is 23.6 Å². The lowest BCUT2D eigenvalue weighted by molar-refractivity contribution is -0.148. The Hall–Kier alpha value is -3.06. The smallest absolute Gasteiger partial charge is 0.240 e. The lowest BCUT2D eigenvalue weighted by atomic mass is 9.87. The molecule has 4 amide bonds. The van der Waals surface area contributed by atoms with Crippen LogP contribution in [0.4, 0.5) is 0 Å². The average Bonchev–Trinajstić information content (AvgIpc) is 3.77. The van der Waals surface area contributed by atoms with E-state index in [9.17, 15) is 19.2 Å². The number of methoxy groups -OCH3 is 2. The number of hydrogen-bond acceptors (Lipinski definition) is 8. The highest BCUT2D eigenvalue weighted by atomic mass is 16.5. The van der Waals surface area contributed by atoms with Crippen LogP contribution in [0.3, 0.4) is 0 Å². The van der Waals surface area contributed by atoms with E-state index in [0.717, 1.165) is 37.8 Å². The topological polar surface area (TPSA) is 147 Å². The molecule has 2 aliphatic heterocycles. The third-order valence-electron chi connectivity index (χ3n) is 12.3. The number of amides is 4. The van der Waals surface area contributed by atoms with Crippen molar-refractivity contribution in [2.24, 2.45) is 29.4 Å². The largest absolute Gasteiger partial charge is 0.379 e. The molecule has 4 N–H and O–H groups in total. The number of rotatable bonds is 20. The van der Waals surface area contributed by atoms with Gasteiger partial charge < -0.3 is 35.6 Å². The average molecular weight is 743 g/mol. The lowest BCUT2D eigenvalue weighted by Gasteiger charge is -2.41. The number of carbonyl (C=O) groups excluding carboxylic acids is 4. The Morgan fingerprint density at radius 3 is 2.26 bits per heavy atom. The Morgan fingerprint density at radius 1 is 1.04 bits per heavy atom. The van der Waals surface area contributed by atoms with E-state index >= 15 is 0 Å². The molecule has 9 unspecified atom stereocenters. The summed E-state index contributed by atoms with van der Waals surface area (Å²) in [5.41, 5.74) is 6.57. The first-order chi connectivity index (χ1) is 25.1. The van der Waals surface area contributed by atoms with Gasteiger partial charge in [0.15, 0.2) is 0 Å². The molecular weight excluding hydrogens is 672 g/mol. The molecule has 1 aromatic rings. The van der Waals surface area contributed by atoms with Gasteiger partial charge in [-0.3, -0.25) is 24.1 Å². The van der Waals surface area contributed by atoms with E-state index in [0.29, 0.717) is 25.9 Å². The van der Waals surface area contributed by atoms with Crippen molar-refractivity contribution in [2.45, 2.75) is 122 Å². The first-order valence-corrected chi connectivity index (χ1v) is 19.8. The molecule has 0 saturated carbocycles. The fourth-order valence-electron chi connectivity index (χ4n) is 8.38. The molecule has 12 heteroatoms. The van der Waals surface area contributed by atoms with Gasteiger partial charge in [0.1, 0.15) is 0 Å². The summed E-state index contributed by atoms with van der Waals surface area (Å²) in [4.78, 5) is 61.0. The summed E-state index contributed by atoms with van der Waals surface area (Å²) in [7, 11) is 6.96. The number of likely N-dealkylation sites (tertiary alicyclic amines) is 2. The molecule has 1 aromatic carbocycles. The van der Waals surface area contributed by atoms with E-state index in [-0.39, 0.29) is 66.6 Å². The Labute approximate surface area is 319 Å². The first kappa shape index (κ1) is 44.3. The van der Waals surface area contributed by atoms with Gasteiger partial charge >= 0.3 is 0 Å². The van der Waals surface area contributed by atoms with Gasteiger partial charge in [-0.05, 0) is 70.0 Å². The highest BCUT2D eigenvalue weighted by Gasteiger charge is 2.44. The third kappa shape index (κ3) is 11.0. The third-order valence-corrected chi connectivity index (χ3v) is 12.3. The molecular formula is C41H70N6O6. The van der Waals surface area contributed by atoms with Crippen molar-refractivity contribution in [1.82, 2.24) is 25.3 Å². The molecule has 0 aromatic heterocycles. The highest BCUT2D eigenvalue weighted by Crippen LogP contribution is 2.31. The molecule has 2 saturated heterocycles. The number of benzene rings is 1. The second kappa shape index (κ2) is 20.6. The molecule has 300 valence electrons. The fourth-order valence-corrected chi connectivity index (χ4v) is 8.38.